The minimum atomic E-state index is 0.466. The monoisotopic (exact) mass is 180 g/mol. The molecule has 0 spiro atoms. The van der Waals surface area contributed by atoms with Crippen LogP contribution in [0.4, 0.5) is 5.82 Å². The highest BCUT2D eigenvalue weighted by Gasteiger charge is 2.15. The summed E-state index contributed by atoms with van der Waals surface area (Å²) >= 11 is 0. The predicted molar refractivity (Wildman–Crippen MR) is 55.7 cm³/mol. The topological polar surface area (TPSA) is 25.8 Å². The summed E-state index contributed by atoms with van der Waals surface area (Å²) in [6.07, 6.45) is 1.65. The molecule has 0 aliphatic heterocycles. The van der Waals surface area contributed by atoms with Crippen LogP contribution in [-0.4, -0.2) is 31.1 Å². The molecule has 0 radical (unpaired) electrons. The number of aromatic nitrogens is 2. The van der Waals surface area contributed by atoms with Crippen LogP contribution in [0.2, 0.25) is 0 Å². The molecule has 0 amide bonds. The van der Waals surface area contributed by atoms with E-state index in [-0.39, 0.29) is 0 Å². The second-order valence-electron chi connectivity index (χ2n) is 4.47. The van der Waals surface area contributed by atoms with Crippen molar-refractivity contribution in [2.24, 2.45) is 0 Å². The molecule has 0 atom stereocenters. The molecular formula is C10H18N3+. The number of hydrogen-bond acceptors (Lipinski definition) is 2. The van der Waals surface area contributed by atoms with E-state index in [1.54, 1.807) is 6.33 Å². The molecule has 3 nitrogen and oxygen atoms in total. The van der Waals surface area contributed by atoms with Crippen molar-refractivity contribution in [1.82, 2.24) is 14.5 Å². The Bertz CT molecular complexity index is 286. The largest absolute Gasteiger partial charge is 0.282 e. The average molecular weight is 180 g/mol. The molecule has 0 aromatic carbocycles. The zero-order chi connectivity index (χ0) is 10.1. The zero-order valence-corrected chi connectivity index (χ0v) is 9.07. The first kappa shape index (κ1) is 10.1. The quantitative estimate of drug-likeness (QED) is 0.648. The van der Waals surface area contributed by atoms with E-state index in [9.17, 15) is 0 Å². The molecule has 1 aromatic rings. The Kier molecular flexibility index (Phi) is 2.66. The summed E-state index contributed by atoms with van der Waals surface area (Å²) in [6, 6.07) is 2.07. The van der Waals surface area contributed by atoms with E-state index in [2.05, 4.69) is 51.0 Å². The van der Waals surface area contributed by atoms with Gasteiger partial charge in [-0.15, -0.1) is 0 Å². The molecule has 0 aliphatic rings. The summed E-state index contributed by atoms with van der Waals surface area (Å²) in [5.41, 5.74) is 1.11. The maximum absolute atomic E-state index is 4.25. The molecule has 1 aromatic heterocycles. The van der Waals surface area contributed by atoms with Crippen molar-refractivity contribution in [3.8, 4) is 0 Å². The van der Waals surface area contributed by atoms with Gasteiger partial charge in [-0.2, -0.15) is 4.98 Å². The molecular weight excluding hydrogens is 162 g/mol. The lowest BCUT2D eigenvalue weighted by Crippen LogP contribution is -2.35. The van der Waals surface area contributed by atoms with Gasteiger partial charge in [0.1, 0.15) is 6.33 Å². The van der Waals surface area contributed by atoms with Crippen LogP contribution in [0.1, 0.15) is 25.5 Å². The van der Waals surface area contributed by atoms with Gasteiger partial charge in [-0.1, -0.05) is 13.8 Å². The van der Waals surface area contributed by atoms with Gasteiger partial charge in [0.15, 0.2) is 0 Å². The molecule has 72 valence electrons. The smallest absolute Gasteiger partial charge is 0.230 e. The summed E-state index contributed by atoms with van der Waals surface area (Å²) in [4.78, 5) is 8.49. The lowest BCUT2D eigenvalue weighted by molar-refractivity contribution is 0.471. The molecule has 0 fully saturated rings. The molecule has 3 heteroatoms. The van der Waals surface area contributed by atoms with Crippen LogP contribution in [0.15, 0.2) is 12.4 Å². The van der Waals surface area contributed by atoms with Crippen LogP contribution in [0.3, 0.4) is 0 Å². The molecule has 0 saturated heterocycles. The van der Waals surface area contributed by atoms with Gasteiger partial charge >= 0.3 is 0 Å². The van der Waals surface area contributed by atoms with Crippen LogP contribution in [-0.2, 0) is 0 Å². The number of hydrogen-bond donors (Lipinski definition) is 0. The zero-order valence-electron chi connectivity index (χ0n) is 9.07. The van der Waals surface area contributed by atoms with Crippen LogP contribution >= 0.6 is 0 Å². The van der Waals surface area contributed by atoms with Gasteiger partial charge in [-0.05, 0) is 5.92 Å². The highest BCUT2D eigenvalue weighted by molar-refractivity contribution is 5.33. The third-order valence-corrected chi connectivity index (χ3v) is 1.95. The van der Waals surface area contributed by atoms with Gasteiger partial charge in [-0.3, -0.25) is 4.48 Å². The molecule has 0 saturated carbocycles. The summed E-state index contributed by atoms with van der Waals surface area (Å²) < 4.78 is 0.738. The molecule has 0 aliphatic carbocycles. The van der Waals surface area contributed by atoms with Crippen molar-refractivity contribution in [3.05, 3.63) is 18.1 Å². The lowest BCUT2D eigenvalue weighted by Gasteiger charge is -2.22. The van der Waals surface area contributed by atoms with Crippen molar-refractivity contribution in [1.29, 1.82) is 0 Å². The maximum Gasteiger partial charge on any atom is 0.230 e. The fourth-order valence-corrected chi connectivity index (χ4v) is 1.04. The Morgan fingerprint density at radius 2 is 1.77 bits per heavy atom. The van der Waals surface area contributed by atoms with Gasteiger partial charge in [0.25, 0.3) is 0 Å². The van der Waals surface area contributed by atoms with E-state index in [0.717, 1.165) is 16.0 Å². The van der Waals surface area contributed by atoms with E-state index in [1.807, 2.05) is 0 Å². The SMILES string of the molecule is CC(C)c1cc([N+](C)(C)C)ncn1. The first-order valence-electron chi connectivity index (χ1n) is 4.55. The minimum absolute atomic E-state index is 0.466. The Balaban J connectivity index is 3.06. The molecule has 0 bridgehead atoms. The Morgan fingerprint density at radius 3 is 2.23 bits per heavy atom. The van der Waals surface area contributed by atoms with E-state index >= 15 is 0 Å². The molecule has 1 rings (SSSR count). The highest BCUT2D eigenvalue weighted by Crippen LogP contribution is 2.17. The Morgan fingerprint density at radius 1 is 1.15 bits per heavy atom. The standard InChI is InChI=1S/C10H18N3/c1-8(2)9-6-10(12-7-11-9)13(3,4)5/h6-8H,1-5H3/q+1. The van der Waals surface area contributed by atoms with E-state index in [4.69, 9.17) is 0 Å². The van der Waals surface area contributed by atoms with Crippen molar-refractivity contribution in [2.75, 3.05) is 21.1 Å². The summed E-state index contributed by atoms with van der Waals surface area (Å²) in [7, 11) is 6.31. The van der Waals surface area contributed by atoms with Gasteiger partial charge in [0.05, 0.1) is 26.8 Å². The van der Waals surface area contributed by atoms with Crippen molar-refractivity contribution in [2.45, 2.75) is 19.8 Å². The van der Waals surface area contributed by atoms with Crippen molar-refractivity contribution < 1.29 is 0 Å². The summed E-state index contributed by atoms with van der Waals surface area (Å²) in [5.74, 6) is 1.52. The number of nitrogens with zero attached hydrogens (tertiary/aromatic N) is 3. The van der Waals surface area contributed by atoms with Crippen molar-refractivity contribution in [3.63, 3.8) is 0 Å². The van der Waals surface area contributed by atoms with Gasteiger partial charge in [-0.25, -0.2) is 4.98 Å². The average Bonchev–Trinajstić information content (AvgIpc) is 2.03. The van der Waals surface area contributed by atoms with Crippen LogP contribution < -0.4 is 4.48 Å². The van der Waals surface area contributed by atoms with Crippen LogP contribution in [0.5, 0.6) is 0 Å². The third kappa shape index (κ3) is 2.49. The van der Waals surface area contributed by atoms with E-state index in [0.29, 0.717) is 5.92 Å². The normalized spacial score (nSPS) is 12.2. The highest BCUT2D eigenvalue weighted by atomic mass is 15.3. The first-order chi connectivity index (χ1) is 5.91. The van der Waals surface area contributed by atoms with Gasteiger partial charge in [0.2, 0.25) is 5.82 Å². The molecule has 13 heavy (non-hydrogen) atoms. The molecule has 0 N–H and O–H groups in total. The second-order valence-corrected chi connectivity index (χ2v) is 4.47. The Hall–Kier alpha value is -0.960. The van der Waals surface area contributed by atoms with E-state index < -0.39 is 0 Å². The first-order valence-corrected chi connectivity index (χ1v) is 4.55. The van der Waals surface area contributed by atoms with Crippen LogP contribution in [0.25, 0.3) is 0 Å². The summed E-state index contributed by atoms with van der Waals surface area (Å²) in [6.45, 7) is 4.28. The third-order valence-electron chi connectivity index (χ3n) is 1.95. The van der Waals surface area contributed by atoms with Gasteiger partial charge in [0, 0.05) is 6.07 Å². The Labute approximate surface area is 80.0 Å². The lowest BCUT2D eigenvalue weighted by atomic mass is 10.1. The molecule has 0 unspecified atom stereocenters. The minimum Gasteiger partial charge on any atom is -0.282 e. The number of rotatable bonds is 2. The van der Waals surface area contributed by atoms with E-state index in [1.165, 1.54) is 0 Å². The molecule has 1 heterocycles. The fraction of sp³-hybridized carbons (Fsp3) is 0.600. The summed E-state index contributed by atoms with van der Waals surface area (Å²) in [5, 5.41) is 0. The van der Waals surface area contributed by atoms with Gasteiger partial charge < -0.3 is 0 Å². The van der Waals surface area contributed by atoms with Crippen LogP contribution in [0, 0.1) is 0 Å². The second kappa shape index (κ2) is 3.42. The fourth-order valence-electron chi connectivity index (χ4n) is 1.04. The number of quaternary nitrogens is 1. The van der Waals surface area contributed by atoms with Crippen molar-refractivity contribution >= 4 is 5.82 Å². The predicted octanol–water partition coefficient (Wildman–Crippen LogP) is 1.80. The maximum atomic E-state index is 4.25.